The predicted molar refractivity (Wildman–Crippen MR) is 628 cm³/mol. The van der Waals surface area contributed by atoms with Gasteiger partial charge in [0.25, 0.3) is 5.91 Å². The van der Waals surface area contributed by atoms with Crippen LogP contribution in [0.3, 0.4) is 0 Å². The minimum atomic E-state index is -0.274. The summed E-state index contributed by atoms with van der Waals surface area (Å²) in [6, 6.07) is 18.2. The molecule has 27 heteroatoms. The summed E-state index contributed by atoms with van der Waals surface area (Å²) in [6.07, 6.45) is 21.8. The number of ether oxygens (including phenoxy) is 1. The number of amides is 11. The molecule has 3 heterocycles. The average molecular weight is 2090 g/mol. The second-order valence-electron chi connectivity index (χ2n) is 54.7. The fourth-order valence-electron chi connectivity index (χ4n) is 15.4. The first-order chi connectivity index (χ1) is 66.6. The van der Waals surface area contributed by atoms with E-state index in [1.54, 1.807) is 31.0 Å². The Balaban J connectivity index is -0.000000370. The highest BCUT2D eigenvalue weighted by Gasteiger charge is 2.37. The highest BCUT2D eigenvalue weighted by Crippen LogP contribution is 2.42. The molecule has 860 valence electrons. The van der Waals surface area contributed by atoms with E-state index in [1.165, 1.54) is 25.0 Å². The van der Waals surface area contributed by atoms with Crippen LogP contribution in [-0.4, -0.2) is 180 Å². The first kappa shape index (κ1) is 150. The van der Waals surface area contributed by atoms with E-state index < -0.39 is 0 Å². The maximum atomic E-state index is 11.5. The van der Waals surface area contributed by atoms with Crippen molar-refractivity contribution >= 4 is 70.8 Å². The second kappa shape index (κ2) is 74.3. The number of aliphatic hydroxyl groups is 1. The SMILES string of the molecule is CC(=O)NC(CC(C)(C)C)C(C)C.CC(=O)NCCC(C)(C)C.CC(=S)NCCC(C)(C)C.CC(C)(C)C(Cc1ccccc1)C(N)=O.CC(C)(C)C1CCC(O)C1.CC(C)(C)C1CCC(OC(=O)CN)C1.CC(C)(C)CCN1CCNC1=O.CC(C)(C)CCNC(=O)c1ccc[nH]1.CC(C)(C)CCc1ccc[nH]1.CC(C)C(C(N)=O)C(C)(C)C.CCN(CC)C(=O)NCCC(C)(C)C.CCNC(=O)NCCCC(C)(C)C. The van der Waals surface area contributed by atoms with Crippen molar-refractivity contribution in [2.75, 3.05) is 78.5 Å². The highest BCUT2D eigenvalue weighted by atomic mass is 32.1. The van der Waals surface area contributed by atoms with Crippen molar-refractivity contribution in [3.8, 4) is 0 Å². The number of nitrogens with one attached hydrogen (secondary N) is 10. The Kier molecular flexibility index (Phi) is 75.7. The van der Waals surface area contributed by atoms with Gasteiger partial charge in [0, 0.05) is 122 Å². The van der Waals surface area contributed by atoms with E-state index in [9.17, 15) is 48.3 Å². The van der Waals surface area contributed by atoms with Gasteiger partial charge in [-0.05, 0) is 255 Å². The Hall–Kier alpha value is -7.78. The van der Waals surface area contributed by atoms with Gasteiger partial charge in [0.2, 0.25) is 23.6 Å². The Morgan fingerprint density at radius 2 is 0.952 bits per heavy atom. The number of thiocarbonyl (C=S) groups is 1. The molecule has 147 heavy (non-hydrogen) atoms. The molecule has 2 aliphatic carbocycles. The maximum absolute atomic E-state index is 11.5. The van der Waals surface area contributed by atoms with E-state index in [1.807, 2.05) is 131 Å². The lowest BCUT2D eigenvalue weighted by atomic mass is 9.74. The number of hydrogen-bond acceptors (Lipinski definition) is 13. The molecule has 0 bridgehead atoms. The predicted octanol–water partition coefficient (Wildman–Crippen LogP) is 25.8. The van der Waals surface area contributed by atoms with Crippen molar-refractivity contribution < 1.29 is 53.0 Å². The zero-order chi connectivity index (χ0) is 116. The number of primary amides is 2. The molecule has 11 amide bonds. The molecule has 2 saturated carbocycles. The zero-order valence-corrected chi connectivity index (χ0v) is 104. The molecule has 26 nitrogen and oxygen atoms in total. The number of esters is 1. The summed E-state index contributed by atoms with van der Waals surface area (Å²) in [6.45, 7) is 107. The third-order valence-corrected chi connectivity index (χ3v) is 24.8. The summed E-state index contributed by atoms with van der Waals surface area (Å²) in [5.74, 6) is 1.52. The Bertz CT molecular complexity index is 3920. The van der Waals surface area contributed by atoms with Gasteiger partial charge in [-0.2, -0.15) is 0 Å². The van der Waals surface area contributed by atoms with Crippen LogP contribution in [0, 0.1) is 100 Å². The molecule has 17 N–H and O–H groups in total. The summed E-state index contributed by atoms with van der Waals surface area (Å²) >= 11 is 4.87. The molecule has 6 rings (SSSR count). The van der Waals surface area contributed by atoms with Gasteiger partial charge in [-0.1, -0.05) is 319 Å². The zero-order valence-electron chi connectivity index (χ0n) is 103. The number of aliphatic hydroxyl groups excluding tert-OH is 1. The van der Waals surface area contributed by atoms with Gasteiger partial charge in [-0.25, -0.2) is 14.4 Å². The van der Waals surface area contributed by atoms with Crippen LogP contribution in [-0.2, 0) is 41.6 Å². The van der Waals surface area contributed by atoms with Crippen molar-refractivity contribution in [1.82, 2.24) is 62.3 Å². The van der Waals surface area contributed by atoms with Crippen molar-refractivity contribution in [2.45, 2.75) is 446 Å². The summed E-state index contributed by atoms with van der Waals surface area (Å²) in [7, 11) is 0. The lowest BCUT2D eigenvalue weighted by Crippen LogP contribution is -2.40. The maximum Gasteiger partial charge on any atom is 0.319 e. The quantitative estimate of drug-likeness (QED) is 0.0175. The van der Waals surface area contributed by atoms with E-state index in [0.29, 0.717) is 73.9 Å². The first-order valence-corrected chi connectivity index (χ1v) is 55.6. The van der Waals surface area contributed by atoms with Gasteiger partial charge in [-0.15, -0.1) is 0 Å². The fraction of sp³-hybridized carbons (Fsp3) is 0.800. The molecule has 0 spiro atoms. The number of aryl methyl sites for hydroxylation is 1. The molecule has 1 aromatic carbocycles. The molecular weight excluding hydrogens is 1860 g/mol. The Labute approximate surface area is 906 Å². The summed E-state index contributed by atoms with van der Waals surface area (Å²) in [5, 5.41) is 32.2. The van der Waals surface area contributed by atoms with Gasteiger partial charge < -0.3 is 89.3 Å². The van der Waals surface area contributed by atoms with Crippen molar-refractivity contribution in [3.63, 3.8) is 0 Å². The van der Waals surface area contributed by atoms with Crippen LogP contribution >= 0.6 is 12.2 Å². The van der Waals surface area contributed by atoms with E-state index in [4.69, 9.17) is 34.2 Å². The van der Waals surface area contributed by atoms with Gasteiger partial charge in [-0.3, -0.25) is 28.8 Å². The third-order valence-electron chi connectivity index (χ3n) is 24.6. The number of benzene rings is 1. The number of carbonyl (C=O) groups excluding carboxylic acids is 9. The molecule has 3 aliphatic rings. The minimum absolute atomic E-state index is 0.00329. The minimum Gasteiger partial charge on any atom is -0.461 e. The number of hydrogen-bond donors (Lipinski definition) is 14. The topological polar surface area (TPSA) is 395 Å². The largest absolute Gasteiger partial charge is 0.461 e. The fourth-order valence-corrected chi connectivity index (χ4v) is 15.5. The monoisotopic (exact) mass is 2090 g/mol. The lowest BCUT2D eigenvalue weighted by Gasteiger charge is -2.30. The van der Waals surface area contributed by atoms with Crippen LogP contribution in [0.2, 0.25) is 0 Å². The molecule has 2 aromatic heterocycles. The number of nitrogens with zero attached hydrogens (tertiary/aromatic N) is 2. The molecule has 0 radical (unpaired) electrons. The number of carbonyl (C=O) groups is 9. The van der Waals surface area contributed by atoms with Crippen LogP contribution in [0.4, 0.5) is 14.4 Å². The third kappa shape index (κ3) is 95.1. The first-order valence-electron chi connectivity index (χ1n) is 55.2. The molecule has 7 atom stereocenters. The smallest absolute Gasteiger partial charge is 0.319 e. The lowest BCUT2D eigenvalue weighted by molar-refractivity contribution is -0.147. The standard InChI is InChI=1S/C13H19NO.C11H18N2O.C11H24N2O.C11H21NO2.C11H23NO.C10H22N2O.C10H17N.C9H18N2O.C9H19NO.C9H18O.C8H17NO.C8H17NS/c1-13(2,3)11(12(14)15)9-10-7-5-4-6-8-10;1-11(2,3)6-8-13-10(14)9-5-4-7-12-9;1-6-13(7-2)10(14)12-9-8-11(3,4)5;1-11(2,3)8-4-5-9(6-8)14-10(13)7-12;1-8(2)10(12-9(3)13)7-11(4,5)6;1-5-11-9(13)12-8-6-7-10(2,3)4;1-10(2,3)7-6-9-5-4-8-11-9;1-9(2,3)4-6-11-7-5-10-8(11)12;1-6(2)7(8(10)11)9(3,4)5;1-9(2,3)7-4-5-8(10)6-7;2*1-7(10)9-6-5-8(2,3)4/h4-8,11H,9H2,1-3H3,(H2,14,15);4-5,7,12H,6,8H2,1-3H3,(H,13,14);6-9H2,1-5H3,(H,12,14);8-9H,4-7,12H2,1-3H3;8,10H,7H2,1-6H3,(H,12,13);5-8H2,1-4H3,(H2,11,12,13);4-5,8,11H,6-7H2,1-3H3;4-7H2,1-3H3,(H,10,12);6-7H,1-5H3,(H2,10,11);7-8,10H,4-6H2,1-3H3;2*5-6H2,1-4H3,(H,9,10). The number of nitrogens with two attached hydrogens (primary N) is 3. The number of urea groups is 3. The van der Waals surface area contributed by atoms with Crippen molar-refractivity contribution in [3.05, 3.63) is 83.9 Å². The van der Waals surface area contributed by atoms with Crippen LogP contribution in [0.15, 0.2) is 67.0 Å². The normalized spacial score (nSPS) is 15.8. The van der Waals surface area contributed by atoms with Crippen LogP contribution in [0.25, 0.3) is 0 Å². The second-order valence-corrected chi connectivity index (χ2v) is 55.3. The molecular formula is C120H233N15O11S. The van der Waals surface area contributed by atoms with E-state index in [-0.39, 0.29) is 111 Å². The Morgan fingerprint density at radius 1 is 0.497 bits per heavy atom. The number of H-pyrrole nitrogens is 2. The van der Waals surface area contributed by atoms with Gasteiger partial charge >= 0.3 is 24.1 Å². The molecule has 7 unspecified atom stereocenters. The van der Waals surface area contributed by atoms with Gasteiger partial charge in [0.1, 0.15) is 11.8 Å². The van der Waals surface area contributed by atoms with Crippen LogP contribution < -0.4 is 59.7 Å². The van der Waals surface area contributed by atoms with E-state index in [0.717, 1.165) is 172 Å². The van der Waals surface area contributed by atoms with Crippen molar-refractivity contribution in [1.29, 1.82) is 0 Å². The van der Waals surface area contributed by atoms with E-state index in [2.05, 4.69) is 286 Å². The highest BCUT2D eigenvalue weighted by molar-refractivity contribution is 7.80. The van der Waals surface area contributed by atoms with Gasteiger partial charge in [0.15, 0.2) is 0 Å². The molecule has 3 aromatic rings. The van der Waals surface area contributed by atoms with Crippen LogP contribution in [0.5, 0.6) is 0 Å². The summed E-state index contributed by atoms with van der Waals surface area (Å²) in [4.78, 5) is 110. The number of rotatable bonds is 29. The van der Waals surface area contributed by atoms with Crippen molar-refractivity contribution in [2.24, 2.45) is 118 Å². The number of aromatic nitrogens is 2. The summed E-state index contributed by atoms with van der Waals surface area (Å²) in [5.41, 5.74) is 22.4. The summed E-state index contributed by atoms with van der Waals surface area (Å²) < 4.78 is 5.22. The average Bonchev–Trinajstić information content (AvgIpc) is 1.69. The van der Waals surface area contributed by atoms with Crippen LogP contribution in [0.1, 0.15) is 437 Å². The van der Waals surface area contributed by atoms with Gasteiger partial charge in [0.05, 0.1) is 17.6 Å². The number of aromatic amines is 2. The molecule has 1 saturated heterocycles. The molecule has 3 fully saturated rings. The Morgan fingerprint density at radius 3 is 1.28 bits per heavy atom. The van der Waals surface area contributed by atoms with E-state index >= 15 is 0 Å². The molecule has 1 aliphatic heterocycles.